The summed E-state index contributed by atoms with van der Waals surface area (Å²) in [4.78, 5) is 18.5. The van der Waals surface area contributed by atoms with Crippen LogP contribution in [0.1, 0.15) is 34.1 Å². The van der Waals surface area contributed by atoms with Crippen molar-refractivity contribution in [2.45, 2.75) is 26.3 Å². The van der Waals surface area contributed by atoms with Gasteiger partial charge in [0.1, 0.15) is 0 Å². The maximum absolute atomic E-state index is 13.4. The third-order valence-corrected chi connectivity index (χ3v) is 9.41. The number of anilines is 1. The van der Waals surface area contributed by atoms with Gasteiger partial charge in [-0.3, -0.25) is 9.48 Å². The monoisotopic (exact) mass is 484 g/mol. The smallest absolute Gasteiger partial charge is 0.274 e. The average Bonchev–Trinajstić information content (AvgIpc) is 3.54. The molecular formula is C24H28N4O3S2. The van der Waals surface area contributed by atoms with Gasteiger partial charge in [-0.1, -0.05) is 18.2 Å². The van der Waals surface area contributed by atoms with E-state index in [9.17, 15) is 13.2 Å². The Morgan fingerprint density at radius 2 is 1.88 bits per heavy atom. The maximum Gasteiger partial charge on any atom is 0.274 e. The Bertz CT molecular complexity index is 1270. The van der Waals surface area contributed by atoms with Crippen molar-refractivity contribution in [3.63, 3.8) is 0 Å². The Balaban J connectivity index is 1.36. The zero-order valence-electron chi connectivity index (χ0n) is 18.9. The Hall–Kier alpha value is -2.65. The van der Waals surface area contributed by atoms with E-state index in [0.29, 0.717) is 25.2 Å². The molecule has 2 aliphatic rings. The second-order valence-electron chi connectivity index (χ2n) is 8.89. The molecule has 0 N–H and O–H groups in total. The molecule has 0 aliphatic carbocycles. The highest BCUT2D eigenvalue weighted by Gasteiger charge is 2.33. The maximum atomic E-state index is 13.4. The van der Waals surface area contributed by atoms with E-state index in [4.69, 9.17) is 0 Å². The molecule has 0 radical (unpaired) electrons. The van der Waals surface area contributed by atoms with Gasteiger partial charge in [0.05, 0.1) is 28.1 Å². The quantitative estimate of drug-likeness (QED) is 0.566. The van der Waals surface area contributed by atoms with E-state index in [-0.39, 0.29) is 23.5 Å². The summed E-state index contributed by atoms with van der Waals surface area (Å²) >= 11 is 1.57. The van der Waals surface area contributed by atoms with Crippen molar-refractivity contribution in [2.24, 2.45) is 0 Å². The molecule has 2 aliphatic heterocycles. The van der Waals surface area contributed by atoms with Gasteiger partial charge in [0, 0.05) is 31.9 Å². The van der Waals surface area contributed by atoms with Crippen molar-refractivity contribution in [2.75, 3.05) is 42.6 Å². The second kappa shape index (κ2) is 8.61. The molecule has 2 fully saturated rings. The van der Waals surface area contributed by atoms with Crippen molar-refractivity contribution < 1.29 is 13.2 Å². The van der Waals surface area contributed by atoms with Crippen molar-refractivity contribution in [1.82, 2.24) is 14.7 Å². The van der Waals surface area contributed by atoms with E-state index in [1.807, 2.05) is 28.5 Å². The Morgan fingerprint density at radius 1 is 1.09 bits per heavy atom. The lowest BCUT2D eigenvalue weighted by atomic mass is 10.1. The molecule has 1 atom stereocenters. The number of piperazine rings is 1. The highest BCUT2D eigenvalue weighted by atomic mass is 32.2. The van der Waals surface area contributed by atoms with E-state index in [2.05, 4.69) is 42.0 Å². The lowest BCUT2D eigenvalue weighted by molar-refractivity contribution is 0.0739. The Kier molecular flexibility index (Phi) is 5.78. The summed E-state index contributed by atoms with van der Waals surface area (Å²) in [6.45, 7) is 7.07. The molecule has 33 heavy (non-hydrogen) atoms. The molecule has 174 valence electrons. The minimum absolute atomic E-state index is 0.0786. The summed E-state index contributed by atoms with van der Waals surface area (Å²) in [5, 5.41) is 6.62. The summed E-state index contributed by atoms with van der Waals surface area (Å²) in [5.41, 5.74) is 5.00. The summed E-state index contributed by atoms with van der Waals surface area (Å²) < 4.78 is 25.9. The van der Waals surface area contributed by atoms with E-state index < -0.39 is 9.84 Å². The van der Waals surface area contributed by atoms with Crippen molar-refractivity contribution in [3.8, 4) is 10.6 Å². The van der Waals surface area contributed by atoms with Gasteiger partial charge in [0.25, 0.3) is 5.91 Å². The zero-order chi connectivity index (χ0) is 23.2. The number of carbonyl (C=O) groups excluding carboxylic acids is 1. The molecule has 2 saturated heterocycles. The van der Waals surface area contributed by atoms with Gasteiger partial charge in [-0.2, -0.15) is 5.10 Å². The predicted octanol–water partition coefficient (Wildman–Crippen LogP) is 3.55. The van der Waals surface area contributed by atoms with Gasteiger partial charge >= 0.3 is 0 Å². The van der Waals surface area contributed by atoms with Crippen LogP contribution in [-0.4, -0.2) is 66.7 Å². The number of aryl methyl sites for hydroxylation is 1. The number of hydrogen-bond acceptors (Lipinski definition) is 6. The molecule has 2 aromatic heterocycles. The first-order valence-electron chi connectivity index (χ1n) is 11.3. The number of carbonyl (C=O) groups is 1. The van der Waals surface area contributed by atoms with Crippen LogP contribution < -0.4 is 4.90 Å². The van der Waals surface area contributed by atoms with Gasteiger partial charge in [0.15, 0.2) is 15.5 Å². The van der Waals surface area contributed by atoms with Crippen molar-refractivity contribution in [1.29, 1.82) is 0 Å². The van der Waals surface area contributed by atoms with Crippen LogP contribution in [0.15, 0.2) is 41.8 Å². The third-order valence-electron chi connectivity index (χ3n) is 6.77. The Labute approximate surface area is 198 Å². The van der Waals surface area contributed by atoms with E-state index in [1.165, 1.54) is 16.8 Å². The number of sulfone groups is 1. The van der Waals surface area contributed by atoms with E-state index in [0.717, 1.165) is 23.7 Å². The summed E-state index contributed by atoms with van der Waals surface area (Å²) in [6, 6.07) is 11.9. The summed E-state index contributed by atoms with van der Waals surface area (Å²) in [5.74, 6) is 0.160. The lowest BCUT2D eigenvalue weighted by Crippen LogP contribution is -2.49. The topological polar surface area (TPSA) is 75.5 Å². The predicted molar refractivity (Wildman–Crippen MR) is 132 cm³/mol. The van der Waals surface area contributed by atoms with Crippen molar-refractivity contribution in [3.05, 3.63) is 58.6 Å². The molecule has 1 amide bonds. The SMILES string of the molecule is Cc1cccc(N2CCN(C(=O)c3cc(-c4cccs4)n(C4CCS(=O)(=O)C4)n3)CC2)c1C. The van der Waals surface area contributed by atoms with Crippen LogP contribution in [0.25, 0.3) is 10.6 Å². The highest BCUT2D eigenvalue weighted by molar-refractivity contribution is 7.91. The standard InChI is InChI=1S/C24H28N4O3S2/c1-17-5-3-6-21(18(17)2)26-9-11-27(12-10-26)24(29)20-15-22(23-7-4-13-32-23)28(25-20)19-8-14-33(30,31)16-19/h3-7,13,15,19H,8-12,14,16H2,1-2H3. The molecule has 0 saturated carbocycles. The van der Waals surface area contributed by atoms with E-state index in [1.54, 1.807) is 16.0 Å². The van der Waals surface area contributed by atoms with Gasteiger partial charge < -0.3 is 9.80 Å². The number of rotatable bonds is 4. The fraction of sp³-hybridized carbons (Fsp3) is 0.417. The van der Waals surface area contributed by atoms with Crippen LogP contribution in [-0.2, 0) is 9.84 Å². The molecule has 0 spiro atoms. The van der Waals surface area contributed by atoms with Crippen LogP contribution in [0.4, 0.5) is 5.69 Å². The second-order valence-corrected chi connectivity index (χ2v) is 12.1. The van der Waals surface area contributed by atoms with Crippen LogP contribution in [0, 0.1) is 13.8 Å². The van der Waals surface area contributed by atoms with Gasteiger partial charge in [-0.05, 0) is 55.0 Å². The first kappa shape index (κ1) is 22.2. The average molecular weight is 485 g/mol. The van der Waals surface area contributed by atoms with Crippen LogP contribution in [0.3, 0.4) is 0 Å². The normalized spacial score (nSPS) is 20.4. The van der Waals surface area contributed by atoms with Crippen molar-refractivity contribution >= 4 is 32.8 Å². The van der Waals surface area contributed by atoms with Crippen LogP contribution >= 0.6 is 11.3 Å². The van der Waals surface area contributed by atoms with Gasteiger partial charge in [-0.15, -0.1) is 11.3 Å². The number of thiophene rings is 1. The highest BCUT2D eigenvalue weighted by Crippen LogP contribution is 2.33. The first-order valence-corrected chi connectivity index (χ1v) is 14.0. The number of aromatic nitrogens is 2. The summed E-state index contributed by atoms with van der Waals surface area (Å²) in [7, 11) is -3.06. The fourth-order valence-corrected chi connectivity index (χ4v) is 7.17. The molecular weight excluding hydrogens is 456 g/mol. The first-order chi connectivity index (χ1) is 15.8. The minimum Gasteiger partial charge on any atom is -0.368 e. The summed E-state index contributed by atoms with van der Waals surface area (Å²) in [6.07, 6.45) is 0.532. The van der Waals surface area contributed by atoms with E-state index >= 15 is 0 Å². The molecule has 9 heteroatoms. The number of amides is 1. The molecule has 7 nitrogen and oxygen atoms in total. The molecule has 1 unspecified atom stereocenters. The Morgan fingerprint density at radius 3 is 2.55 bits per heavy atom. The molecule has 0 bridgehead atoms. The molecule has 3 aromatic rings. The number of hydrogen-bond donors (Lipinski definition) is 0. The zero-order valence-corrected chi connectivity index (χ0v) is 20.5. The van der Waals surface area contributed by atoms with Crippen LogP contribution in [0.5, 0.6) is 0 Å². The van der Waals surface area contributed by atoms with Gasteiger partial charge in [0.2, 0.25) is 0 Å². The molecule has 4 heterocycles. The fourth-order valence-electron chi connectivity index (χ4n) is 4.74. The van der Waals surface area contributed by atoms with Gasteiger partial charge in [-0.25, -0.2) is 8.42 Å². The minimum atomic E-state index is -3.06. The number of benzene rings is 1. The number of nitrogens with zero attached hydrogens (tertiary/aromatic N) is 4. The third kappa shape index (κ3) is 4.31. The lowest BCUT2D eigenvalue weighted by Gasteiger charge is -2.36. The van der Waals surface area contributed by atoms with Crippen LogP contribution in [0.2, 0.25) is 0 Å². The molecule has 1 aromatic carbocycles. The molecule has 5 rings (SSSR count). The largest absolute Gasteiger partial charge is 0.368 e.